The second kappa shape index (κ2) is 12.1. The predicted molar refractivity (Wildman–Crippen MR) is 127 cm³/mol. The second-order valence-electron chi connectivity index (χ2n) is 6.47. The van der Waals surface area contributed by atoms with Crippen LogP contribution in [0.2, 0.25) is 0 Å². The van der Waals surface area contributed by atoms with Crippen LogP contribution >= 0.6 is 24.0 Å². The van der Waals surface area contributed by atoms with Gasteiger partial charge in [-0.15, -0.1) is 24.0 Å². The van der Waals surface area contributed by atoms with Gasteiger partial charge in [-0.3, -0.25) is 0 Å². The summed E-state index contributed by atoms with van der Waals surface area (Å²) in [5.74, 6) is 0.665. The summed E-state index contributed by atoms with van der Waals surface area (Å²) in [6.45, 7) is 7.29. The molecule has 0 aliphatic carbocycles. The molecule has 2 aromatic carbocycles. The molecule has 0 radical (unpaired) electrons. The number of sulfone groups is 1. The largest absolute Gasteiger partial charge is 0.357 e. The van der Waals surface area contributed by atoms with Crippen molar-refractivity contribution in [2.45, 2.75) is 44.7 Å². The molecule has 5 nitrogen and oxygen atoms in total. The maximum atomic E-state index is 12.7. The highest BCUT2D eigenvalue weighted by Gasteiger charge is 2.20. The fraction of sp³-hybridized carbons (Fsp3) is 0.381. The Morgan fingerprint density at radius 1 is 1.04 bits per heavy atom. The van der Waals surface area contributed by atoms with Crippen molar-refractivity contribution in [2.75, 3.05) is 12.3 Å². The molecule has 0 heterocycles. The van der Waals surface area contributed by atoms with Crippen LogP contribution in [0.5, 0.6) is 0 Å². The summed E-state index contributed by atoms with van der Waals surface area (Å²) in [7, 11) is -3.35. The molecule has 1 unspecified atom stereocenters. The van der Waals surface area contributed by atoms with E-state index in [1.807, 2.05) is 32.0 Å². The number of aryl methyl sites for hydroxylation is 1. The first-order valence-electron chi connectivity index (χ1n) is 9.33. The minimum Gasteiger partial charge on any atom is -0.357 e. The molecule has 0 fully saturated rings. The molecule has 7 heteroatoms. The van der Waals surface area contributed by atoms with Crippen LogP contribution in [0.3, 0.4) is 0 Å². The Morgan fingerprint density at radius 3 is 2.29 bits per heavy atom. The average Bonchev–Trinajstić information content (AvgIpc) is 2.67. The van der Waals surface area contributed by atoms with Gasteiger partial charge in [-0.1, -0.05) is 49.4 Å². The monoisotopic (exact) mass is 515 g/mol. The molecule has 0 bridgehead atoms. The van der Waals surface area contributed by atoms with Crippen LogP contribution < -0.4 is 10.6 Å². The summed E-state index contributed by atoms with van der Waals surface area (Å²) < 4.78 is 25.3. The number of hydrogen-bond donors (Lipinski definition) is 2. The Bertz CT molecular complexity index is 855. The van der Waals surface area contributed by atoms with Crippen LogP contribution in [0.1, 0.15) is 31.4 Å². The minimum absolute atomic E-state index is 0. The van der Waals surface area contributed by atoms with E-state index in [1.165, 1.54) is 5.56 Å². The van der Waals surface area contributed by atoms with E-state index in [0.717, 1.165) is 5.56 Å². The third kappa shape index (κ3) is 7.43. The van der Waals surface area contributed by atoms with Gasteiger partial charge in [-0.2, -0.15) is 0 Å². The number of nitrogens with zero attached hydrogens (tertiary/aromatic N) is 1. The van der Waals surface area contributed by atoms with E-state index >= 15 is 0 Å². The fourth-order valence-electron chi connectivity index (χ4n) is 2.72. The van der Waals surface area contributed by atoms with E-state index in [0.29, 0.717) is 30.4 Å². The zero-order chi connectivity index (χ0) is 19.7. The van der Waals surface area contributed by atoms with Gasteiger partial charge in [0, 0.05) is 12.6 Å². The number of hydrogen-bond acceptors (Lipinski definition) is 3. The standard InChI is InChI=1S/C21H29N3O2S.HI/c1-4-19(16-27(25,26)20-13-7-6-8-14-20)24-21(22-5-2)23-15-18-12-10-9-11-17(18)3;/h6-14,19H,4-5,15-16H2,1-3H3,(H2,22,23,24);1H. The number of nitrogens with one attached hydrogen (secondary N) is 2. The van der Waals surface area contributed by atoms with E-state index in [4.69, 9.17) is 0 Å². The van der Waals surface area contributed by atoms with Crippen LogP contribution in [0, 0.1) is 6.92 Å². The van der Waals surface area contributed by atoms with E-state index in [1.54, 1.807) is 24.3 Å². The smallest absolute Gasteiger partial charge is 0.191 e. The zero-order valence-electron chi connectivity index (χ0n) is 16.7. The van der Waals surface area contributed by atoms with Crippen LogP contribution in [0.15, 0.2) is 64.5 Å². The van der Waals surface area contributed by atoms with Crippen molar-refractivity contribution < 1.29 is 8.42 Å². The Morgan fingerprint density at radius 2 is 1.68 bits per heavy atom. The number of guanidine groups is 1. The lowest BCUT2D eigenvalue weighted by molar-refractivity contribution is 0.569. The molecule has 0 saturated carbocycles. The predicted octanol–water partition coefficient (Wildman–Crippen LogP) is 3.92. The third-order valence-corrected chi connectivity index (χ3v) is 6.20. The minimum atomic E-state index is -3.35. The van der Waals surface area contributed by atoms with Crippen molar-refractivity contribution in [3.63, 3.8) is 0 Å². The molecular formula is C21H30IN3O2S. The highest BCUT2D eigenvalue weighted by atomic mass is 127. The quantitative estimate of drug-likeness (QED) is 0.318. The van der Waals surface area contributed by atoms with Crippen LogP contribution in [0.4, 0.5) is 0 Å². The lowest BCUT2D eigenvalue weighted by atomic mass is 10.1. The molecule has 2 aromatic rings. The first kappa shape index (κ1) is 24.4. The molecule has 154 valence electrons. The summed E-state index contributed by atoms with van der Waals surface area (Å²) in [5.41, 5.74) is 2.34. The maximum absolute atomic E-state index is 12.7. The zero-order valence-corrected chi connectivity index (χ0v) is 19.8. The Hall–Kier alpha value is -1.61. The SMILES string of the molecule is CCNC(=NCc1ccccc1C)NC(CC)CS(=O)(=O)c1ccccc1.I. The van der Waals surface area contributed by atoms with Crippen LogP contribution in [0.25, 0.3) is 0 Å². The van der Waals surface area contributed by atoms with Crippen molar-refractivity contribution in [1.29, 1.82) is 0 Å². The van der Waals surface area contributed by atoms with E-state index in [-0.39, 0.29) is 35.8 Å². The van der Waals surface area contributed by atoms with Gasteiger partial charge in [-0.05, 0) is 43.5 Å². The summed E-state index contributed by atoms with van der Waals surface area (Å²) in [5, 5.41) is 6.49. The average molecular weight is 515 g/mol. The molecule has 0 aromatic heterocycles. The Balaban J connectivity index is 0.00000392. The van der Waals surface area contributed by atoms with Gasteiger partial charge in [0.05, 0.1) is 17.2 Å². The number of halogens is 1. The molecule has 0 saturated heterocycles. The van der Waals surface area contributed by atoms with Crippen molar-refractivity contribution in [2.24, 2.45) is 4.99 Å². The topological polar surface area (TPSA) is 70.6 Å². The molecule has 1 atom stereocenters. The second-order valence-corrected chi connectivity index (χ2v) is 8.50. The van der Waals surface area contributed by atoms with Gasteiger partial charge in [0.25, 0.3) is 0 Å². The van der Waals surface area contributed by atoms with Crippen molar-refractivity contribution >= 4 is 39.8 Å². The van der Waals surface area contributed by atoms with Gasteiger partial charge < -0.3 is 10.6 Å². The lowest BCUT2D eigenvalue weighted by Crippen LogP contribution is -2.46. The third-order valence-electron chi connectivity index (χ3n) is 4.37. The van der Waals surface area contributed by atoms with Crippen molar-refractivity contribution in [1.82, 2.24) is 10.6 Å². The number of aliphatic imine (C=N–C) groups is 1. The summed E-state index contributed by atoms with van der Waals surface area (Å²) in [6, 6.07) is 16.5. The summed E-state index contributed by atoms with van der Waals surface area (Å²) >= 11 is 0. The molecule has 2 rings (SSSR count). The van der Waals surface area contributed by atoms with Crippen molar-refractivity contribution in [3.05, 3.63) is 65.7 Å². The molecule has 0 aliphatic heterocycles. The normalized spacial score (nSPS) is 12.8. The van der Waals surface area contributed by atoms with Gasteiger partial charge in [-0.25, -0.2) is 13.4 Å². The molecule has 28 heavy (non-hydrogen) atoms. The highest BCUT2D eigenvalue weighted by Crippen LogP contribution is 2.13. The van der Waals surface area contributed by atoms with E-state index in [9.17, 15) is 8.42 Å². The fourth-order valence-corrected chi connectivity index (χ4v) is 4.33. The first-order valence-corrected chi connectivity index (χ1v) is 11.0. The number of benzene rings is 2. The molecule has 2 N–H and O–H groups in total. The lowest BCUT2D eigenvalue weighted by Gasteiger charge is -2.20. The van der Waals surface area contributed by atoms with Gasteiger partial charge >= 0.3 is 0 Å². The molecule has 0 aliphatic rings. The van der Waals surface area contributed by atoms with Crippen LogP contribution in [-0.4, -0.2) is 32.7 Å². The molecular weight excluding hydrogens is 485 g/mol. The van der Waals surface area contributed by atoms with Gasteiger partial charge in [0.15, 0.2) is 15.8 Å². The molecule has 0 amide bonds. The number of rotatable bonds is 8. The van der Waals surface area contributed by atoms with E-state index < -0.39 is 9.84 Å². The Labute approximate surface area is 186 Å². The Kier molecular flexibility index (Phi) is 10.5. The van der Waals surface area contributed by atoms with Gasteiger partial charge in [0.2, 0.25) is 0 Å². The van der Waals surface area contributed by atoms with Crippen molar-refractivity contribution in [3.8, 4) is 0 Å². The highest BCUT2D eigenvalue weighted by molar-refractivity contribution is 14.0. The van der Waals surface area contributed by atoms with Gasteiger partial charge in [0.1, 0.15) is 0 Å². The summed E-state index contributed by atoms with van der Waals surface area (Å²) in [4.78, 5) is 4.99. The molecule has 0 spiro atoms. The maximum Gasteiger partial charge on any atom is 0.191 e. The van der Waals surface area contributed by atoms with Crippen LogP contribution in [-0.2, 0) is 16.4 Å². The van der Waals surface area contributed by atoms with E-state index in [2.05, 4.69) is 34.7 Å². The first-order chi connectivity index (χ1) is 13.0. The summed E-state index contributed by atoms with van der Waals surface area (Å²) in [6.07, 6.45) is 0.681.